The van der Waals surface area contributed by atoms with Crippen molar-refractivity contribution in [1.29, 1.82) is 0 Å². The van der Waals surface area contributed by atoms with Crippen LogP contribution in [0.25, 0.3) is 0 Å². The molecule has 1 aromatic rings. The first kappa shape index (κ1) is 7.57. The Hall–Kier alpha value is -0.540. The third kappa shape index (κ3) is 1.30. The molecule has 0 amide bonds. The topological polar surface area (TPSA) is 46.2 Å². The van der Waals surface area contributed by atoms with Crippen molar-refractivity contribution in [3.63, 3.8) is 0 Å². The molecule has 3 heteroatoms. The smallest absolute Gasteiger partial charge is 0.0952 e. The molecular formula is C7H11NOS. The number of thiophene rings is 1. The molecule has 1 aromatic heterocycles. The van der Waals surface area contributed by atoms with Gasteiger partial charge in [0.05, 0.1) is 10.5 Å². The van der Waals surface area contributed by atoms with Gasteiger partial charge in [0.1, 0.15) is 0 Å². The van der Waals surface area contributed by atoms with Crippen LogP contribution in [0.5, 0.6) is 0 Å². The number of anilines is 1. The Morgan fingerprint density at radius 2 is 2.20 bits per heavy atom. The van der Waals surface area contributed by atoms with Gasteiger partial charge in [0.2, 0.25) is 0 Å². The van der Waals surface area contributed by atoms with Crippen molar-refractivity contribution in [3.05, 3.63) is 16.3 Å². The lowest BCUT2D eigenvalue weighted by atomic mass is 10.1. The van der Waals surface area contributed by atoms with E-state index in [1.807, 2.05) is 5.38 Å². The average Bonchev–Trinajstić information content (AvgIpc) is 2.11. The van der Waals surface area contributed by atoms with Crippen LogP contribution in [0.3, 0.4) is 0 Å². The fraction of sp³-hybridized carbons (Fsp3) is 0.429. The molecular weight excluding hydrogens is 146 g/mol. The first-order valence-electron chi connectivity index (χ1n) is 3.07. The normalized spacial score (nSPS) is 11.9. The van der Waals surface area contributed by atoms with E-state index in [0.29, 0.717) is 5.69 Å². The van der Waals surface area contributed by atoms with E-state index in [1.165, 1.54) is 11.3 Å². The molecule has 1 heterocycles. The summed E-state index contributed by atoms with van der Waals surface area (Å²) in [6, 6.07) is 1.80. The Kier molecular flexibility index (Phi) is 1.70. The van der Waals surface area contributed by atoms with E-state index < -0.39 is 5.60 Å². The van der Waals surface area contributed by atoms with Gasteiger partial charge < -0.3 is 10.8 Å². The van der Waals surface area contributed by atoms with Crippen LogP contribution in [0, 0.1) is 0 Å². The van der Waals surface area contributed by atoms with E-state index in [1.54, 1.807) is 19.9 Å². The van der Waals surface area contributed by atoms with Crippen molar-refractivity contribution in [3.8, 4) is 0 Å². The molecule has 0 aliphatic carbocycles. The monoisotopic (exact) mass is 157 g/mol. The molecule has 1 rings (SSSR count). The first-order valence-corrected chi connectivity index (χ1v) is 3.95. The van der Waals surface area contributed by atoms with Crippen molar-refractivity contribution in [2.45, 2.75) is 19.4 Å². The van der Waals surface area contributed by atoms with Gasteiger partial charge in [-0.15, -0.1) is 11.3 Å². The molecule has 10 heavy (non-hydrogen) atoms. The summed E-state index contributed by atoms with van der Waals surface area (Å²) in [5.74, 6) is 0. The zero-order valence-corrected chi connectivity index (χ0v) is 6.90. The predicted octanol–water partition coefficient (Wildman–Crippen LogP) is 1.56. The molecule has 0 saturated carbocycles. The molecule has 0 aliphatic rings. The van der Waals surface area contributed by atoms with Gasteiger partial charge in [0, 0.05) is 5.69 Å². The van der Waals surface area contributed by atoms with Crippen LogP contribution in [0.2, 0.25) is 0 Å². The van der Waals surface area contributed by atoms with Crippen molar-refractivity contribution >= 4 is 17.0 Å². The molecule has 0 fully saturated rings. The van der Waals surface area contributed by atoms with Crippen molar-refractivity contribution in [1.82, 2.24) is 0 Å². The highest BCUT2D eigenvalue weighted by molar-refractivity contribution is 7.10. The number of hydrogen-bond donors (Lipinski definition) is 2. The number of nitrogen functional groups attached to an aromatic ring is 1. The fourth-order valence-corrected chi connectivity index (χ4v) is 1.66. The summed E-state index contributed by atoms with van der Waals surface area (Å²) in [5.41, 5.74) is 5.46. The highest BCUT2D eigenvalue weighted by atomic mass is 32.1. The van der Waals surface area contributed by atoms with Gasteiger partial charge in [-0.1, -0.05) is 0 Å². The molecule has 3 N–H and O–H groups in total. The van der Waals surface area contributed by atoms with E-state index in [2.05, 4.69) is 0 Å². The molecule has 0 spiro atoms. The average molecular weight is 157 g/mol. The number of hydrogen-bond acceptors (Lipinski definition) is 3. The van der Waals surface area contributed by atoms with Crippen LogP contribution >= 0.6 is 11.3 Å². The SMILES string of the molecule is CC(C)(O)c1sccc1N. The van der Waals surface area contributed by atoms with E-state index in [9.17, 15) is 5.11 Å². The van der Waals surface area contributed by atoms with Crippen molar-refractivity contribution < 1.29 is 5.11 Å². The predicted molar refractivity (Wildman–Crippen MR) is 44.0 cm³/mol. The quantitative estimate of drug-likeness (QED) is 0.649. The summed E-state index contributed by atoms with van der Waals surface area (Å²) in [6.07, 6.45) is 0. The maximum Gasteiger partial charge on any atom is 0.0952 e. The fourth-order valence-electron chi connectivity index (χ4n) is 0.817. The van der Waals surface area contributed by atoms with Crippen LogP contribution in [-0.4, -0.2) is 5.11 Å². The molecule has 0 aliphatic heterocycles. The van der Waals surface area contributed by atoms with E-state index in [0.717, 1.165) is 4.88 Å². The summed E-state index contributed by atoms with van der Waals surface area (Å²) >= 11 is 1.48. The van der Waals surface area contributed by atoms with Gasteiger partial charge in [-0.3, -0.25) is 0 Å². The summed E-state index contributed by atoms with van der Waals surface area (Å²) in [4.78, 5) is 0.840. The lowest BCUT2D eigenvalue weighted by Gasteiger charge is -2.15. The van der Waals surface area contributed by atoms with E-state index >= 15 is 0 Å². The Morgan fingerprint density at radius 1 is 1.60 bits per heavy atom. The Bertz CT molecular complexity index is 224. The molecule has 0 unspecified atom stereocenters. The maximum atomic E-state index is 9.49. The second-order valence-electron chi connectivity index (χ2n) is 2.76. The lowest BCUT2D eigenvalue weighted by Crippen LogP contribution is -2.14. The first-order chi connectivity index (χ1) is 4.52. The summed E-state index contributed by atoms with van der Waals surface area (Å²) in [7, 11) is 0. The maximum absolute atomic E-state index is 9.49. The van der Waals surface area contributed by atoms with Crippen LogP contribution in [-0.2, 0) is 5.60 Å². The number of rotatable bonds is 1. The largest absolute Gasteiger partial charge is 0.398 e. The molecule has 2 nitrogen and oxygen atoms in total. The van der Waals surface area contributed by atoms with E-state index in [4.69, 9.17) is 5.73 Å². The number of aliphatic hydroxyl groups is 1. The van der Waals surface area contributed by atoms with Gasteiger partial charge in [0.25, 0.3) is 0 Å². The number of nitrogens with two attached hydrogens (primary N) is 1. The van der Waals surface area contributed by atoms with Gasteiger partial charge >= 0.3 is 0 Å². The highest BCUT2D eigenvalue weighted by Gasteiger charge is 2.19. The van der Waals surface area contributed by atoms with Gasteiger partial charge in [0.15, 0.2) is 0 Å². The van der Waals surface area contributed by atoms with Gasteiger partial charge in [-0.05, 0) is 25.3 Å². The Morgan fingerprint density at radius 3 is 2.40 bits per heavy atom. The van der Waals surface area contributed by atoms with E-state index in [-0.39, 0.29) is 0 Å². The molecule has 0 bridgehead atoms. The van der Waals surface area contributed by atoms with Gasteiger partial charge in [-0.25, -0.2) is 0 Å². The summed E-state index contributed by atoms with van der Waals surface area (Å²) < 4.78 is 0. The molecule has 0 aromatic carbocycles. The molecule has 56 valence electrons. The second kappa shape index (κ2) is 2.25. The molecule has 0 radical (unpaired) electrons. The van der Waals surface area contributed by atoms with Crippen LogP contribution < -0.4 is 5.73 Å². The molecule has 0 atom stereocenters. The minimum atomic E-state index is -0.793. The van der Waals surface area contributed by atoms with Crippen LogP contribution in [0.4, 0.5) is 5.69 Å². The van der Waals surface area contributed by atoms with Crippen molar-refractivity contribution in [2.24, 2.45) is 0 Å². The van der Waals surface area contributed by atoms with Gasteiger partial charge in [-0.2, -0.15) is 0 Å². The zero-order chi connectivity index (χ0) is 7.78. The zero-order valence-electron chi connectivity index (χ0n) is 6.09. The summed E-state index contributed by atoms with van der Waals surface area (Å²) in [5, 5.41) is 11.4. The van der Waals surface area contributed by atoms with Crippen LogP contribution in [0.1, 0.15) is 18.7 Å². The minimum absolute atomic E-state index is 0.678. The third-order valence-corrected chi connectivity index (χ3v) is 2.49. The van der Waals surface area contributed by atoms with Crippen LogP contribution in [0.15, 0.2) is 11.4 Å². The van der Waals surface area contributed by atoms with Crippen molar-refractivity contribution in [2.75, 3.05) is 5.73 Å². The second-order valence-corrected chi connectivity index (χ2v) is 3.68. The summed E-state index contributed by atoms with van der Waals surface area (Å²) in [6.45, 7) is 3.46. The standard InChI is InChI=1S/C7H11NOS/c1-7(2,9)6-5(8)3-4-10-6/h3-4,9H,8H2,1-2H3. The molecule has 0 saturated heterocycles. The third-order valence-electron chi connectivity index (χ3n) is 1.25. The minimum Gasteiger partial charge on any atom is -0.398 e. The highest BCUT2D eigenvalue weighted by Crippen LogP contribution is 2.30. The Balaban J connectivity index is 3.05. The lowest BCUT2D eigenvalue weighted by molar-refractivity contribution is 0.0833. The Labute approximate surface area is 64.3 Å².